The molecule has 0 aliphatic heterocycles. The first-order valence-electron chi connectivity index (χ1n) is 13.3. The Morgan fingerprint density at radius 2 is 1.90 bits per heavy atom. The summed E-state index contributed by atoms with van der Waals surface area (Å²) in [7, 11) is 3.46. The topological polar surface area (TPSA) is 80.5 Å². The maximum Gasteiger partial charge on any atom is 0.274 e. The van der Waals surface area contributed by atoms with Gasteiger partial charge in [-0.1, -0.05) is 54.6 Å². The molecule has 1 heterocycles. The van der Waals surface area contributed by atoms with Crippen LogP contribution in [0, 0.1) is 0 Å². The third-order valence-electron chi connectivity index (χ3n) is 7.04. The van der Waals surface area contributed by atoms with Crippen LogP contribution in [0.1, 0.15) is 66.5 Å². The molecule has 7 nitrogen and oxygen atoms in total. The molecular weight excluding hydrogens is 554 g/mol. The highest BCUT2D eigenvalue weighted by molar-refractivity contribution is 9.10. The lowest BCUT2D eigenvalue weighted by Crippen LogP contribution is -2.19. The number of amides is 1. The van der Waals surface area contributed by atoms with Gasteiger partial charge in [0, 0.05) is 29.0 Å². The summed E-state index contributed by atoms with van der Waals surface area (Å²) < 4.78 is 8.10. The summed E-state index contributed by atoms with van der Waals surface area (Å²) in [6.45, 7) is 10.5. The number of hydrogen-bond acceptors (Lipinski definition) is 4. The highest BCUT2D eigenvalue weighted by Crippen LogP contribution is 2.34. The molecule has 0 fully saturated rings. The second kappa shape index (κ2) is 12.5. The van der Waals surface area contributed by atoms with Crippen molar-refractivity contribution in [2.45, 2.75) is 52.9 Å². The van der Waals surface area contributed by atoms with Crippen LogP contribution in [-0.2, 0) is 26.3 Å². The Balaban J connectivity index is 1.59. The van der Waals surface area contributed by atoms with Gasteiger partial charge in [0.2, 0.25) is 0 Å². The van der Waals surface area contributed by atoms with E-state index in [2.05, 4.69) is 70.2 Å². The number of aryl methyl sites for hydroxylation is 3. The van der Waals surface area contributed by atoms with E-state index >= 15 is 0 Å². The van der Waals surface area contributed by atoms with E-state index in [4.69, 9.17) is 9.84 Å². The van der Waals surface area contributed by atoms with Gasteiger partial charge >= 0.3 is 0 Å². The number of benzene rings is 2. The van der Waals surface area contributed by atoms with Crippen LogP contribution in [0.2, 0.25) is 0 Å². The van der Waals surface area contributed by atoms with Gasteiger partial charge < -0.3 is 15.4 Å². The SMILES string of the molecule is C=C1/C(=C\N=C(/C)Nc2ccc(Br)cc2OC)CCCc2c1nn(C)c2C(=O)Nc1c(CC)cccc1CC. The van der Waals surface area contributed by atoms with E-state index in [0.29, 0.717) is 5.69 Å². The molecular formula is C31H36BrN5O2. The predicted molar refractivity (Wildman–Crippen MR) is 164 cm³/mol. The number of methoxy groups -OCH3 is 1. The van der Waals surface area contributed by atoms with Crippen LogP contribution in [0.3, 0.4) is 0 Å². The van der Waals surface area contributed by atoms with Crippen molar-refractivity contribution in [1.29, 1.82) is 0 Å². The zero-order valence-corrected chi connectivity index (χ0v) is 24.9. The number of carbonyl (C=O) groups excluding carboxylic acids is 1. The number of anilines is 2. The van der Waals surface area contributed by atoms with Gasteiger partial charge in [-0.05, 0) is 79.5 Å². The number of nitrogens with one attached hydrogen (secondary N) is 2. The molecule has 1 amide bonds. The van der Waals surface area contributed by atoms with Crippen LogP contribution in [-0.4, -0.2) is 28.6 Å². The van der Waals surface area contributed by atoms with E-state index < -0.39 is 0 Å². The first-order chi connectivity index (χ1) is 18.8. The molecule has 2 aromatic carbocycles. The van der Waals surface area contributed by atoms with Crippen LogP contribution in [0.4, 0.5) is 11.4 Å². The summed E-state index contributed by atoms with van der Waals surface area (Å²) in [6.07, 6.45) is 5.97. The Morgan fingerprint density at radius 3 is 2.56 bits per heavy atom. The molecule has 1 aliphatic rings. The van der Waals surface area contributed by atoms with E-state index in [1.165, 1.54) is 0 Å². The molecule has 0 atom stereocenters. The molecule has 8 heteroatoms. The predicted octanol–water partition coefficient (Wildman–Crippen LogP) is 7.33. The summed E-state index contributed by atoms with van der Waals surface area (Å²) >= 11 is 3.47. The Hall–Kier alpha value is -3.65. The zero-order chi connectivity index (χ0) is 28.1. The fourth-order valence-corrected chi connectivity index (χ4v) is 5.32. The highest BCUT2D eigenvalue weighted by atomic mass is 79.9. The van der Waals surface area contributed by atoms with E-state index in [1.807, 2.05) is 38.4 Å². The Bertz CT molecular complexity index is 1450. The largest absolute Gasteiger partial charge is 0.495 e. The third kappa shape index (κ3) is 6.17. The van der Waals surface area contributed by atoms with Crippen molar-refractivity contribution in [3.05, 3.63) is 87.3 Å². The van der Waals surface area contributed by atoms with Crippen molar-refractivity contribution in [2.24, 2.45) is 12.0 Å². The molecule has 1 aromatic heterocycles. The molecule has 0 radical (unpaired) electrons. The van der Waals surface area contributed by atoms with Crippen molar-refractivity contribution >= 4 is 44.6 Å². The monoisotopic (exact) mass is 589 g/mol. The second-order valence-electron chi connectivity index (χ2n) is 9.58. The van der Waals surface area contributed by atoms with Crippen LogP contribution in [0.25, 0.3) is 5.57 Å². The smallest absolute Gasteiger partial charge is 0.274 e. The summed E-state index contributed by atoms with van der Waals surface area (Å²) in [5, 5.41) is 11.3. The summed E-state index contributed by atoms with van der Waals surface area (Å²) in [5.74, 6) is 1.31. The quantitative estimate of drug-likeness (QED) is 0.172. The first-order valence-corrected chi connectivity index (χ1v) is 14.1. The van der Waals surface area contributed by atoms with E-state index in [0.717, 1.165) is 93.1 Å². The van der Waals surface area contributed by atoms with Crippen molar-refractivity contribution in [3.8, 4) is 5.75 Å². The number of rotatable bonds is 7. The van der Waals surface area contributed by atoms with Crippen LogP contribution < -0.4 is 15.4 Å². The fraction of sp³-hybridized carbons (Fsp3) is 0.323. The van der Waals surface area contributed by atoms with Gasteiger partial charge in [0.1, 0.15) is 17.3 Å². The Labute approximate surface area is 239 Å². The van der Waals surface area contributed by atoms with Crippen molar-refractivity contribution in [1.82, 2.24) is 9.78 Å². The van der Waals surface area contributed by atoms with E-state index in [-0.39, 0.29) is 5.91 Å². The normalized spacial score (nSPS) is 14.7. The molecule has 39 heavy (non-hydrogen) atoms. The minimum atomic E-state index is -0.136. The van der Waals surface area contributed by atoms with Gasteiger partial charge in [0.25, 0.3) is 5.91 Å². The number of halogens is 1. The summed E-state index contributed by atoms with van der Waals surface area (Å²) in [4.78, 5) is 18.3. The zero-order valence-electron chi connectivity index (χ0n) is 23.3. The molecule has 4 rings (SSSR count). The van der Waals surface area contributed by atoms with Gasteiger partial charge in [-0.15, -0.1) is 0 Å². The lowest BCUT2D eigenvalue weighted by atomic mass is 10.0. The van der Waals surface area contributed by atoms with Crippen LogP contribution >= 0.6 is 15.9 Å². The van der Waals surface area contributed by atoms with Crippen molar-refractivity contribution < 1.29 is 9.53 Å². The number of aliphatic imine (C=N–C) groups is 1. The average molecular weight is 591 g/mol. The van der Waals surface area contributed by atoms with Gasteiger partial charge in [0.05, 0.1) is 18.5 Å². The lowest BCUT2D eigenvalue weighted by molar-refractivity contribution is 0.101. The van der Waals surface area contributed by atoms with Gasteiger partial charge in [-0.3, -0.25) is 9.48 Å². The van der Waals surface area contributed by atoms with Gasteiger partial charge in [-0.2, -0.15) is 5.10 Å². The van der Waals surface area contributed by atoms with Crippen LogP contribution in [0.5, 0.6) is 5.75 Å². The van der Waals surface area contributed by atoms with Gasteiger partial charge in [-0.25, -0.2) is 4.99 Å². The minimum absolute atomic E-state index is 0.136. The first kappa shape index (κ1) is 28.4. The number of hydrogen-bond donors (Lipinski definition) is 2. The molecule has 0 bridgehead atoms. The third-order valence-corrected chi connectivity index (χ3v) is 7.53. The second-order valence-corrected chi connectivity index (χ2v) is 10.5. The molecule has 0 saturated heterocycles. The Kier molecular flexibility index (Phi) is 9.07. The highest BCUT2D eigenvalue weighted by Gasteiger charge is 2.27. The number of carbonyl (C=O) groups is 1. The molecule has 0 spiro atoms. The standard InChI is InChI=1S/C31H36BrN5O2/c1-7-21-11-9-12-22(8-2)29(21)35-31(38)30-25-14-10-13-23(19(3)28(25)36-37(30)5)18-33-20(4)34-26-16-15-24(32)17-27(26)39-6/h9,11-12,15-18H,3,7-8,10,13-14H2,1-2,4-6H3,(H,33,34)(H,35,38)/b23-18-. The lowest BCUT2D eigenvalue weighted by Gasteiger charge is -2.15. The Morgan fingerprint density at radius 1 is 1.18 bits per heavy atom. The number of allylic oxidation sites excluding steroid dienone is 2. The number of fused-ring (bicyclic) bond motifs is 1. The van der Waals surface area contributed by atoms with Crippen molar-refractivity contribution in [3.63, 3.8) is 0 Å². The van der Waals surface area contributed by atoms with Gasteiger partial charge in [0.15, 0.2) is 0 Å². The average Bonchev–Trinajstić information content (AvgIpc) is 3.18. The molecule has 204 valence electrons. The fourth-order valence-electron chi connectivity index (χ4n) is 4.98. The maximum absolute atomic E-state index is 13.6. The van der Waals surface area contributed by atoms with E-state index in [9.17, 15) is 4.79 Å². The number of amidine groups is 1. The molecule has 2 N–H and O–H groups in total. The number of ether oxygens (including phenoxy) is 1. The number of aromatic nitrogens is 2. The molecule has 0 saturated carbocycles. The number of nitrogens with zero attached hydrogens (tertiary/aromatic N) is 3. The number of para-hydroxylation sites is 1. The van der Waals surface area contributed by atoms with E-state index in [1.54, 1.807) is 11.8 Å². The van der Waals surface area contributed by atoms with Crippen molar-refractivity contribution in [2.75, 3.05) is 17.7 Å². The summed E-state index contributed by atoms with van der Waals surface area (Å²) in [6, 6.07) is 12.0. The summed E-state index contributed by atoms with van der Waals surface area (Å²) in [5.41, 5.74) is 8.11. The molecule has 3 aromatic rings. The maximum atomic E-state index is 13.6. The minimum Gasteiger partial charge on any atom is -0.495 e. The van der Waals surface area contributed by atoms with Crippen LogP contribution in [0.15, 0.2) is 64.2 Å². The molecule has 0 unspecified atom stereocenters. The molecule has 1 aliphatic carbocycles.